The fraction of sp³-hybridized carbons (Fsp3) is 0.154. The zero-order chi connectivity index (χ0) is 13.2. The number of nitrogens with zero attached hydrogens (tertiary/aromatic N) is 3. The first-order chi connectivity index (χ1) is 9.28. The lowest BCUT2D eigenvalue weighted by molar-refractivity contribution is 0.619. The number of hydrogen-bond donors (Lipinski definition) is 2. The molecule has 0 amide bonds. The molecular weight excluding hydrogens is 258 g/mol. The van der Waals surface area contributed by atoms with E-state index in [1.54, 1.807) is 0 Å². The first-order valence-corrected chi connectivity index (χ1v) is 6.72. The highest BCUT2D eigenvalue weighted by molar-refractivity contribution is 7.03. The van der Waals surface area contributed by atoms with Crippen molar-refractivity contribution < 1.29 is 0 Å². The number of aryl methyl sites for hydroxylation is 1. The summed E-state index contributed by atoms with van der Waals surface area (Å²) in [4.78, 5) is 4.49. The van der Waals surface area contributed by atoms with E-state index in [9.17, 15) is 0 Å². The van der Waals surface area contributed by atoms with Crippen LogP contribution >= 0.6 is 11.5 Å². The maximum Gasteiger partial charge on any atom is 0.0983 e. The molecule has 19 heavy (non-hydrogen) atoms. The topological polar surface area (TPSA) is 76.7 Å². The summed E-state index contributed by atoms with van der Waals surface area (Å²) in [5, 5.41) is 7.05. The molecule has 0 aliphatic rings. The average Bonchev–Trinajstić information content (AvgIpc) is 2.93. The number of pyridine rings is 1. The van der Waals surface area contributed by atoms with Crippen LogP contribution in [0.25, 0.3) is 10.9 Å². The van der Waals surface area contributed by atoms with Crippen LogP contribution < -0.4 is 11.3 Å². The van der Waals surface area contributed by atoms with Crippen molar-refractivity contribution in [2.24, 2.45) is 5.84 Å². The zero-order valence-corrected chi connectivity index (χ0v) is 11.2. The second-order valence-corrected chi connectivity index (χ2v) is 4.94. The van der Waals surface area contributed by atoms with Gasteiger partial charge in [0.25, 0.3) is 0 Å². The Morgan fingerprint density at radius 1 is 1.26 bits per heavy atom. The van der Waals surface area contributed by atoms with E-state index in [1.807, 2.05) is 30.5 Å². The van der Waals surface area contributed by atoms with Crippen molar-refractivity contribution in [1.82, 2.24) is 20.0 Å². The van der Waals surface area contributed by atoms with Gasteiger partial charge in [0.2, 0.25) is 0 Å². The quantitative estimate of drug-likeness (QED) is 0.562. The molecule has 0 saturated carbocycles. The van der Waals surface area contributed by atoms with Crippen LogP contribution in [0.5, 0.6) is 0 Å². The molecule has 1 unspecified atom stereocenters. The number of benzene rings is 1. The van der Waals surface area contributed by atoms with Gasteiger partial charge >= 0.3 is 0 Å². The number of nitrogens with one attached hydrogen (secondary N) is 1. The summed E-state index contributed by atoms with van der Waals surface area (Å²) in [6, 6.07) is 10.0. The molecule has 6 heteroatoms. The van der Waals surface area contributed by atoms with E-state index in [1.165, 1.54) is 11.5 Å². The molecule has 0 radical (unpaired) electrons. The molecule has 3 N–H and O–H groups in total. The van der Waals surface area contributed by atoms with Crippen molar-refractivity contribution in [3.63, 3.8) is 0 Å². The average molecular weight is 271 g/mol. The molecule has 1 atom stereocenters. The molecule has 0 saturated heterocycles. The maximum atomic E-state index is 5.64. The van der Waals surface area contributed by atoms with Crippen LogP contribution in [0.3, 0.4) is 0 Å². The molecule has 0 aliphatic carbocycles. The van der Waals surface area contributed by atoms with Gasteiger partial charge in [-0.1, -0.05) is 16.6 Å². The third kappa shape index (κ3) is 2.33. The van der Waals surface area contributed by atoms with E-state index in [-0.39, 0.29) is 6.04 Å². The highest BCUT2D eigenvalue weighted by Gasteiger charge is 2.15. The van der Waals surface area contributed by atoms with Crippen LogP contribution in [-0.2, 0) is 0 Å². The van der Waals surface area contributed by atoms with E-state index >= 15 is 0 Å². The number of aromatic nitrogens is 3. The van der Waals surface area contributed by atoms with Crippen LogP contribution in [0, 0.1) is 6.92 Å². The summed E-state index contributed by atoms with van der Waals surface area (Å²) in [5.41, 5.74) is 6.65. The number of fused-ring (bicyclic) bond motifs is 1. The Bertz CT molecular complexity index is 695. The second kappa shape index (κ2) is 5.00. The predicted octanol–water partition coefficient (Wildman–Crippen LogP) is 1.95. The third-order valence-corrected chi connectivity index (χ3v) is 3.55. The van der Waals surface area contributed by atoms with E-state index in [0.29, 0.717) is 0 Å². The number of nitrogens with two attached hydrogens (primary N) is 1. The van der Waals surface area contributed by atoms with Crippen LogP contribution in [0.2, 0.25) is 0 Å². The Balaban J connectivity index is 2.07. The van der Waals surface area contributed by atoms with Gasteiger partial charge in [0.05, 0.1) is 17.3 Å². The zero-order valence-electron chi connectivity index (χ0n) is 10.4. The van der Waals surface area contributed by atoms with E-state index in [4.69, 9.17) is 5.84 Å². The first-order valence-electron chi connectivity index (χ1n) is 5.88. The molecule has 0 fully saturated rings. The van der Waals surface area contributed by atoms with Gasteiger partial charge in [-0.3, -0.25) is 10.8 Å². The van der Waals surface area contributed by atoms with Crippen LogP contribution in [0.15, 0.2) is 35.7 Å². The van der Waals surface area contributed by atoms with Gasteiger partial charge in [-0.2, -0.15) is 0 Å². The minimum atomic E-state index is -0.149. The molecule has 96 valence electrons. The molecule has 0 spiro atoms. The number of rotatable bonds is 3. The SMILES string of the molecule is Cc1ccc2cc(C(NN)c3csnn3)ccc2n1. The standard InChI is InChI=1S/C13H13N5S/c1-8-2-3-9-6-10(4-5-11(9)15-8)13(16-14)12-7-19-18-17-12/h2-7,13,16H,14H2,1H3. The van der Waals surface area contributed by atoms with Crippen LogP contribution in [0.1, 0.15) is 23.0 Å². The molecule has 3 rings (SSSR count). The van der Waals surface area contributed by atoms with Crippen molar-refractivity contribution in [2.75, 3.05) is 0 Å². The summed E-state index contributed by atoms with van der Waals surface area (Å²) in [6.07, 6.45) is 0. The molecule has 2 aromatic heterocycles. The predicted molar refractivity (Wildman–Crippen MR) is 75.6 cm³/mol. The summed E-state index contributed by atoms with van der Waals surface area (Å²) in [6.45, 7) is 1.98. The monoisotopic (exact) mass is 271 g/mol. The second-order valence-electron chi connectivity index (χ2n) is 4.33. The Kier molecular flexibility index (Phi) is 3.20. The largest absolute Gasteiger partial charge is 0.271 e. The van der Waals surface area contributed by atoms with Crippen molar-refractivity contribution >= 4 is 22.4 Å². The Labute approximate surface area is 114 Å². The fourth-order valence-electron chi connectivity index (χ4n) is 2.08. The van der Waals surface area contributed by atoms with Gasteiger partial charge < -0.3 is 0 Å². The van der Waals surface area contributed by atoms with Crippen LogP contribution in [-0.4, -0.2) is 14.6 Å². The Hall–Kier alpha value is -1.89. The minimum absolute atomic E-state index is 0.149. The summed E-state index contributed by atoms with van der Waals surface area (Å²) >= 11 is 1.31. The lowest BCUT2D eigenvalue weighted by Crippen LogP contribution is -2.29. The Morgan fingerprint density at radius 3 is 2.89 bits per heavy atom. The summed E-state index contributed by atoms with van der Waals surface area (Å²) < 4.78 is 3.87. The molecule has 0 aliphatic heterocycles. The number of hydrazine groups is 1. The summed E-state index contributed by atoms with van der Waals surface area (Å²) in [5.74, 6) is 5.64. The Morgan fingerprint density at radius 2 is 2.16 bits per heavy atom. The van der Waals surface area contributed by atoms with Gasteiger partial charge in [-0.05, 0) is 42.2 Å². The molecular formula is C13H13N5S. The van der Waals surface area contributed by atoms with Crippen LogP contribution in [0.4, 0.5) is 0 Å². The molecule has 2 heterocycles. The lowest BCUT2D eigenvalue weighted by atomic mass is 10.0. The van der Waals surface area contributed by atoms with E-state index < -0.39 is 0 Å². The minimum Gasteiger partial charge on any atom is -0.271 e. The van der Waals surface area contributed by atoms with Gasteiger partial charge in [0, 0.05) is 16.5 Å². The van der Waals surface area contributed by atoms with Crippen molar-refractivity contribution in [2.45, 2.75) is 13.0 Å². The normalized spacial score (nSPS) is 12.7. The third-order valence-electron chi connectivity index (χ3n) is 3.03. The van der Waals surface area contributed by atoms with Gasteiger partial charge in [-0.25, -0.2) is 5.43 Å². The number of hydrogen-bond acceptors (Lipinski definition) is 6. The molecule has 1 aromatic carbocycles. The summed E-state index contributed by atoms with van der Waals surface area (Å²) in [7, 11) is 0. The molecule has 0 bridgehead atoms. The van der Waals surface area contributed by atoms with Gasteiger partial charge in [-0.15, -0.1) is 5.10 Å². The van der Waals surface area contributed by atoms with E-state index in [0.717, 1.165) is 27.9 Å². The first kappa shape index (κ1) is 12.2. The van der Waals surface area contributed by atoms with Gasteiger partial charge in [0.1, 0.15) is 0 Å². The van der Waals surface area contributed by atoms with E-state index in [2.05, 4.69) is 32.1 Å². The van der Waals surface area contributed by atoms with Gasteiger partial charge in [0.15, 0.2) is 0 Å². The lowest BCUT2D eigenvalue weighted by Gasteiger charge is -2.14. The van der Waals surface area contributed by atoms with Crippen molar-refractivity contribution in [3.05, 3.63) is 52.7 Å². The molecule has 3 aromatic rings. The fourth-order valence-corrected chi connectivity index (χ4v) is 2.56. The molecule has 5 nitrogen and oxygen atoms in total. The maximum absolute atomic E-state index is 5.64. The van der Waals surface area contributed by atoms with Crippen molar-refractivity contribution in [1.29, 1.82) is 0 Å². The highest BCUT2D eigenvalue weighted by Crippen LogP contribution is 2.23. The smallest absolute Gasteiger partial charge is 0.0983 e. The highest BCUT2D eigenvalue weighted by atomic mass is 32.1. The van der Waals surface area contributed by atoms with Crippen molar-refractivity contribution in [3.8, 4) is 0 Å².